The number of hydrogen-bond donors (Lipinski definition) is 2. The third kappa shape index (κ3) is 6.24. The van der Waals surface area contributed by atoms with Crippen LogP contribution >= 0.6 is 0 Å². The molecule has 0 bridgehead atoms. The van der Waals surface area contributed by atoms with Gasteiger partial charge in [0.25, 0.3) is 0 Å². The molecule has 1 saturated heterocycles. The molecule has 1 aliphatic heterocycles. The molecule has 2 fully saturated rings. The number of halogens is 4. The van der Waals surface area contributed by atoms with Gasteiger partial charge in [-0.2, -0.15) is 0 Å². The normalized spacial score (nSPS) is 22.2. The number of carbonyl (C=O) groups excluding carboxylic acids is 2. The molecule has 2 N–H and O–H groups in total. The van der Waals surface area contributed by atoms with Gasteiger partial charge in [-0.3, -0.25) is 4.79 Å². The van der Waals surface area contributed by atoms with Crippen LogP contribution in [0.15, 0.2) is 18.2 Å². The number of hydrogen-bond acceptors (Lipinski definition) is 5. The summed E-state index contributed by atoms with van der Waals surface area (Å²) in [5.74, 6) is -2.58. The number of alkyl halides is 3. The Labute approximate surface area is 182 Å². The van der Waals surface area contributed by atoms with Gasteiger partial charge >= 0.3 is 12.5 Å². The van der Waals surface area contributed by atoms with Crippen LogP contribution in [-0.2, 0) is 16.1 Å². The Morgan fingerprint density at radius 1 is 1.25 bits per heavy atom. The largest absolute Gasteiger partial charge is 0.573 e. The van der Waals surface area contributed by atoms with Crippen molar-refractivity contribution in [3.63, 3.8) is 0 Å². The van der Waals surface area contributed by atoms with E-state index in [2.05, 4.69) is 10.1 Å². The van der Waals surface area contributed by atoms with Crippen molar-refractivity contribution in [3.8, 4) is 5.75 Å². The van der Waals surface area contributed by atoms with Gasteiger partial charge in [-0.05, 0) is 37.2 Å². The van der Waals surface area contributed by atoms with E-state index in [0.29, 0.717) is 25.6 Å². The van der Waals surface area contributed by atoms with Crippen LogP contribution in [0, 0.1) is 29.5 Å². The van der Waals surface area contributed by atoms with Crippen molar-refractivity contribution in [2.75, 3.05) is 26.8 Å². The number of amides is 2. The van der Waals surface area contributed by atoms with Gasteiger partial charge in [0.1, 0.15) is 11.6 Å². The number of rotatable bonds is 7. The predicted molar refractivity (Wildman–Crippen MR) is 104 cm³/mol. The molecule has 1 aromatic carbocycles. The lowest BCUT2D eigenvalue weighted by Crippen LogP contribution is -2.49. The second-order valence-electron chi connectivity index (χ2n) is 8.30. The van der Waals surface area contributed by atoms with Crippen molar-refractivity contribution in [1.29, 1.82) is 0 Å². The van der Waals surface area contributed by atoms with Gasteiger partial charge in [0.2, 0.25) is 5.91 Å². The zero-order chi connectivity index (χ0) is 23.5. The SMILES string of the molecule is COC(=O)N1C[C@H](CO)C[C@@H](C(C(=O)NCc2ccc(OC(F)(F)F)cc2F)C2CC2)C1. The minimum atomic E-state index is -4.93. The Hall–Kier alpha value is -2.56. The molecule has 3 atom stereocenters. The number of aliphatic hydroxyl groups is 1. The van der Waals surface area contributed by atoms with E-state index in [1.807, 2.05) is 0 Å². The van der Waals surface area contributed by atoms with Crippen molar-refractivity contribution in [3.05, 3.63) is 29.6 Å². The molecule has 2 aliphatic rings. The Bertz CT molecular complexity index is 831. The molecular formula is C21H26F4N2O5. The highest BCUT2D eigenvalue weighted by atomic mass is 19.4. The van der Waals surface area contributed by atoms with E-state index in [4.69, 9.17) is 4.74 Å². The van der Waals surface area contributed by atoms with Crippen molar-refractivity contribution < 1.29 is 41.7 Å². The Morgan fingerprint density at radius 3 is 2.53 bits per heavy atom. The molecule has 7 nitrogen and oxygen atoms in total. The summed E-state index contributed by atoms with van der Waals surface area (Å²) in [6.07, 6.45) is -3.17. The predicted octanol–water partition coefficient (Wildman–Crippen LogP) is 3.06. The van der Waals surface area contributed by atoms with E-state index in [9.17, 15) is 32.3 Å². The topological polar surface area (TPSA) is 88.1 Å². The number of ether oxygens (including phenoxy) is 2. The maximum Gasteiger partial charge on any atom is 0.573 e. The van der Waals surface area contributed by atoms with Gasteiger partial charge < -0.3 is 24.8 Å². The van der Waals surface area contributed by atoms with Crippen LogP contribution in [0.25, 0.3) is 0 Å². The third-order valence-electron chi connectivity index (χ3n) is 5.91. The highest BCUT2D eigenvalue weighted by molar-refractivity contribution is 5.80. The number of nitrogens with one attached hydrogen (secondary N) is 1. The van der Waals surface area contributed by atoms with Crippen LogP contribution in [0.1, 0.15) is 24.8 Å². The molecule has 1 aliphatic carbocycles. The van der Waals surface area contributed by atoms with Crippen molar-refractivity contribution >= 4 is 12.0 Å². The number of aliphatic hydroxyl groups excluding tert-OH is 1. The monoisotopic (exact) mass is 462 g/mol. The minimum absolute atomic E-state index is 0.0236. The molecule has 1 aromatic rings. The molecule has 1 heterocycles. The summed E-state index contributed by atoms with van der Waals surface area (Å²) in [6.45, 7) is 0.337. The Morgan fingerprint density at radius 2 is 1.97 bits per heavy atom. The van der Waals surface area contributed by atoms with Gasteiger partial charge in [-0.1, -0.05) is 6.07 Å². The highest BCUT2D eigenvalue weighted by Crippen LogP contribution is 2.44. The number of benzene rings is 1. The molecular weight excluding hydrogens is 436 g/mol. The molecule has 0 radical (unpaired) electrons. The molecule has 0 aromatic heterocycles. The van der Waals surface area contributed by atoms with E-state index >= 15 is 0 Å². The number of likely N-dealkylation sites (tertiary alicyclic amines) is 1. The van der Waals surface area contributed by atoms with E-state index in [0.717, 1.165) is 25.0 Å². The lowest BCUT2D eigenvalue weighted by Gasteiger charge is -2.39. The summed E-state index contributed by atoms with van der Waals surface area (Å²) in [5, 5.41) is 12.3. The van der Waals surface area contributed by atoms with Gasteiger partial charge in [0, 0.05) is 49.7 Å². The highest BCUT2D eigenvalue weighted by Gasteiger charge is 2.45. The summed E-state index contributed by atoms with van der Waals surface area (Å²) in [6, 6.07) is 2.73. The summed E-state index contributed by atoms with van der Waals surface area (Å²) < 4.78 is 59.5. The molecule has 11 heteroatoms. The lowest BCUT2D eigenvalue weighted by molar-refractivity contribution is -0.274. The first kappa shape index (κ1) is 24.1. The first-order valence-corrected chi connectivity index (χ1v) is 10.4. The van der Waals surface area contributed by atoms with Crippen LogP contribution in [0.3, 0.4) is 0 Å². The first-order valence-electron chi connectivity index (χ1n) is 10.4. The van der Waals surface area contributed by atoms with Crippen LogP contribution in [-0.4, -0.2) is 55.2 Å². The van der Waals surface area contributed by atoms with E-state index < -0.39 is 29.9 Å². The lowest BCUT2D eigenvalue weighted by atomic mass is 9.78. The average molecular weight is 462 g/mol. The number of carbonyl (C=O) groups is 2. The number of nitrogens with zero attached hydrogens (tertiary/aromatic N) is 1. The molecule has 1 unspecified atom stereocenters. The van der Waals surface area contributed by atoms with Crippen LogP contribution in [0.5, 0.6) is 5.75 Å². The Balaban J connectivity index is 1.66. The third-order valence-corrected chi connectivity index (χ3v) is 5.91. The Kier molecular flexibility index (Phi) is 7.47. The maximum atomic E-state index is 14.2. The standard InChI is InChI=1S/C21H26F4N2O5/c1-31-20(30)27-9-12(11-28)6-15(10-27)18(13-2-3-13)19(29)26-8-14-4-5-16(7-17(14)22)32-21(23,24)25/h4-5,7,12-13,15,18,28H,2-3,6,8-11H2,1H3,(H,26,29)/t12-,15-,18?/m1/s1. The van der Waals surface area contributed by atoms with Gasteiger partial charge in [-0.15, -0.1) is 13.2 Å². The zero-order valence-corrected chi connectivity index (χ0v) is 17.5. The van der Waals surface area contributed by atoms with Gasteiger partial charge in [0.15, 0.2) is 0 Å². The fraction of sp³-hybridized carbons (Fsp3) is 0.619. The molecule has 1 saturated carbocycles. The quantitative estimate of drug-likeness (QED) is 0.609. The first-order chi connectivity index (χ1) is 15.1. The van der Waals surface area contributed by atoms with Gasteiger partial charge in [0.05, 0.1) is 7.11 Å². The van der Waals surface area contributed by atoms with Crippen LogP contribution < -0.4 is 10.1 Å². The van der Waals surface area contributed by atoms with Gasteiger partial charge in [-0.25, -0.2) is 9.18 Å². The van der Waals surface area contributed by atoms with Crippen LogP contribution in [0.2, 0.25) is 0 Å². The average Bonchev–Trinajstić information content (AvgIpc) is 3.56. The van der Waals surface area contributed by atoms with Crippen LogP contribution in [0.4, 0.5) is 22.4 Å². The molecule has 32 heavy (non-hydrogen) atoms. The second kappa shape index (κ2) is 9.93. The van der Waals surface area contributed by atoms with Crippen molar-refractivity contribution in [2.45, 2.75) is 32.2 Å². The van der Waals surface area contributed by atoms with E-state index in [-0.39, 0.29) is 42.4 Å². The fourth-order valence-corrected chi connectivity index (χ4v) is 4.35. The maximum absolute atomic E-state index is 14.2. The minimum Gasteiger partial charge on any atom is -0.453 e. The summed E-state index contributed by atoms with van der Waals surface area (Å²) in [4.78, 5) is 26.5. The number of methoxy groups -OCH3 is 1. The van der Waals surface area contributed by atoms with Crippen molar-refractivity contribution in [2.24, 2.45) is 23.7 Å². The molecule has 3 rings (SSSR count). The van der Waals surface area contributed by atoms with Crippen molar-refractivity contribution in [1.82, 2.24) is 10.2 Å². The number of piperidine rings is 1. The summed E-state index contributed by atoms with van der Waals surface area (Å²) in [7, 11) is 1.27. The zero-order valence-electron chi connectivity index (χ0n) is 17.5. The molecule has 0 spiro atoms. The summed E-state index contributed by atoms with van der Waals surface area (Å²) >= 11 is 0. The van der Waals surface area contributed by atoms with E-state index in [1.165, 1.54) is 12.0 Å². The smallest absolute Gasteiger partial charge is 0.453 e. The second-order valence-corrected chi connectivity index (χ2v) is 8.30. The van der Waals surface area contributed by atoms with E-state index in [1.54, 1.807) is 0 Å². The summed E-state index contributed by atoms with van der Waals surface area (Å²) in [5.41, 5.74) is 0.0236. The fourth-order valence-electron chi connectivity index (χ4n) is 4.35. The molecule has 2 amide bonds. The molecule has 178 valence electrons.